The van der Waals surface area contributed by atoms with Crippen molar-refractivity contribution in [2.24, 2.45) is 0 Å². The van der Waals surface area contributed by atoms with Gasteiger partial charge in [-0.05, 0) is 74.2 Å². The smallest absolute Gasteiger partial charge is 0.264 e. The van der Waals surface area contributed by atoms with E-state index in [1.165, 1.54) is 23.1 Å². The summed E-state index contributed by atoms with van der Waals surface area (Å²) in [4.78, 5) is 28.7. The highest BCUT2D eigenvalue weighted by atomic mass is 35.5. The molecule has 41 heavy (non-hydrogen) atoms. The maximum atomic E-state index is 14.1. The fourth-order valence-corrected chi connectivity index (χ4v) is 6.86. The molecule has 1 saturated carbocycles. The van der Waals surface area contributed by atoms with E-state index in [9.17, 15) is 18.0 Å². The van der Waals surface area contributed by atoms with Crippen molar-refractivity contribution in [3.05, 3.63) is 92.9 Å². The van der Waals surface area contributed by atoms with Gasteiger partial charge in [-0.1, -0.05) is 78.0 Å². The van der Waals surface area contributed by atoms with Crippen molar-refractivity contribution in [2.45, 2.75) is 63.1 Å². The Bertz CT molecular complexity index is 1510. The Kier molecular flexibility index (Phi) is 10.2. The molecule has 1 N–H and O–H groups in total. The summed E-state index contributed by atoms with van der Waals surface area (Å²) in [6.45, 7) is 2.84. The van der Waals surface area contributed by atoms with Gasteiger partial charge >= 0.3 is 0 Å². The molecule has 1 fully saturated rings. The number of rotatable bonds is 10. The lowest BCUT2D eigenvalue weighted by atomic mass is 10.1. The molecular formula is C30H32Cl3N3O4S. The first kappa shape index (κ1) is 31.2. The number of aryl methyl sites for hydroxylation is 1. The van der Waals surface area contributed by atoms with E-state index in [1.54, 1.807) is 62.4 Å². The SMILES string of the molecule is Cc1ccc(N(CC(=O)N(Cc2ccc(Cl)cc2Cl)[C@@H](C)C(=O)NC2CCCC2)S(=O)(=O)c2ccccc2)cc1Cl. The molecule has 0 unspecified atom stereocenters. The van der Waals surface area contributed by atoms with Gasteiger partial charge in [-0.25, -0.2) is 8.42 Å². The Morgan fingerprint density at radius 1 is 0.951 bits per heavy atom. The number of anilines is 1. The monoisotopic (exact) mass is 635 g/mol. The highest BCUT2D eigenvalue weighted by molar-refractivity contribution is 7.92. The van der Waals surface area contributed by atoms with Crippen LogP contribution in [0.3, 0.4) is 0 Å². The van der Waals surface area contributed by atoms with Crippen molar-refractivity contribution in [1.82, 2.24) is 10.2 Å². The number of carbonyl (C=O) groups excluding carboxylic acids is 2. The van der Waals surface area contributed by atoms with Gasteiger partial charge in [-0.15, -0.1) is 0 Å². The van der Waals surface area contributed by atoms with Crippen LogP contribution < -0.4 is 9.62 Å². The summed E-state index contributed by atoms with van der Waals surface area (Å²) in [5.74, 6) is -0.896. The van der Waals surface area contributed by atoms with Gasteiger partial charge in [0.1, 0.15) is 12.6 Å². The van der Waals surface area contributed by atoms with Gasteiger partial charge in [0.2, 0.25) is 11.8 Å². The van der Waals surface area contributed by atoms with Gasteiger partial charge in [-0.3, -0.25) is 13.9 Å². The maximum Gasteiger partial charge on any atom is 0.264 e. The molecule has 0 radical (unpaired) electrons. The van der Waals surface area contributed by atoms with Gasteiger partial charge in [0.25, 0.3) is 10.0 Å². The minimum Gasteiger partial charge on any atom is -0.352 e. The molecule has 1 aliphatic carbocycles. The molecule has 1 atom stereocenters. The predicted octanol–water partition coefficient (Wildman–Crippen LogP) is 6.63. The van der Waals surface area contributed by atoms with E-state index >= 15 is 0 Å². The molecule has 0 spiro atoms. The van der Waals surface area contributed by atoms with Crippen LogP contribution in [0.25, 0.3) is 0 Å². The third-order valence-corrected chi connectivity index (χ3v) is 10.1. The van der Waals surface area contributed by atoms with E-state index in [1.807, 2.05) is 0 Å². The Balaban J connectivity index is 1.71. The number of nitrogens with zero attached hydrogens (tertiary/aromatic N) is 2. The van der Waals surface area contributed by atoms with Gasteiger partial charge < -0.3 is 10.2 Å². The zero-order valence-electron chi connectivity index (χ0n) is 22.8. The van der Waals surface area contributed by atoms with Gasteiger partial charge in [0, 0.05) is 27.7 Å². The molecule has 0 aliphatic heterocycles. The third kappa shape index (κ3) is 7.55. The van der Waals surface area contributed by atoms with Crippen LogP contribution in [0.1, 0.15) is 43.7 Å². The molecule has 1 aliphatic rings. The second-order valence-electron chi connectivity index (χ2n) is 10.2. The number of hydrogen-bond acceptors (Lipinski definition) is 4. The van der Waals surface area contributed by atoms with Gasteiger partial charge in [0.15, 0.2) is 0 Å². The van der Waals surface area contributed by atoms with Crippen LogP contribution in [0.15, 0.2) is 71.6 Å². The van der Waals surface area contributed by atoms with E-state index in [4.69, 9.17) is 34.8 Å². The maximum absolute atomic E-state index is 14.1. The van der Waals surface area contributed by atoms with Crippen molar-refractivity contribution >= 4 is 62.3 Å². The minimum atomic E-state index is -4.18. The zero-order valence-corrected chi connectivity index (χ0v) is 25.9. The van der Waals surface area contributed by atoms with Crippen LogP contribution in [-0.2, 0) is 26.2 Å². The number of benzene rings is 3. The summed E-state index contributed by atoms with van der Waals surface area (Å²) in [6, 6.07) is 16.7. The number of hydrogen-bond donors (Lipinski definition) is 1. The third-order valence-electron chi connectivity index (χ3n) is 7.28. The molecule has 0 aromatic heterocycles. The number of halogens is 3. The predicted molar refractivity (Wildman–Crippen MR) is 164 cm³/mol. The van der Waals surface area contributed by atoms with Gasteiger partial charge in [0.05, 0.1) is 10.6 Å². The molecule has 0 bridgehead atoms. The highest BCUT2D eigenvalue weighted by Crippen LogP contribution is 2.29. The summed E-state index contributed by atoms with van der Waals surface area (Å²) in [5.41, 5.74) is 1.56. The molecule has 3 aromatic rings. The number of nitrogens with one attached hydrogen (secondary N) is 1. The van der Waals surface area contributed by atoms with E-state index < -0.39 is 28.5 Å². The number of sulfonamides is 1. The van der Waals surface area contributed by atoms with Crippen LogP contribution in [0, 0.1) is 6.92 Å². The fraction of sp³-hybridized carbons (Fsp3) is 0.333. The van der Waals surface area contributed by atoms with Gasteiger partial charge in [-0.2, -0.15) is 0 Å². The van der Waals surface area contributed by atoms with Crippen molar-refractivity contribution < 1.29 is 18.0 Å². The largest absolute Gasteiger partial charge is 0.352 e. The summed E-state index contributed by atoms with van der Waals surface area (Å²) in [5, 5.41) is 4.16. The molecule has 218 valence electrons. The molecule has 0 saturated heterocycles. The quantitative estimate of drug-likeness (QED) is 0.271. The van der Waals surface area contributed by atoms with E-state index in [-0.39, 0.29) is 29.1 Å². The second kappa shape index (κ2) is 13.5. The van der Waals surface area contributed by atoms with Crippen molar-refractivity contribution in [2.75, 3.05) is 10.8 Å². The van der Waals surface area contributed by atoms with E-state index in [0.29, 0.717) is 20.6 Å². The summed E-state index contributed by atoms with van der Waals surface area (Å²) < 4.78 is 28.8. The Morgan fingerprint density at radius 3 is 2.27 bits per heavy atom. The Hall–Kier alpha value is -2.78. The van der Waals surface area contributed by atoms with E-state index in [2.05, 4.69) is 5.32 Å². The van der Waals surface area contributed by atoms with Crippen molar-refractivity contribution in [3.8, 4) is 0 Å². The fourth-order valence-electron chi connectivity index (χ4n) is 4.79. The average Bonchev–Trinajstić information content (AvgIpc) is 3.46. The molecule has 3 aromatic carbocycles. The Morgan fingerprint density at radius 2 is 1.63 bits per heavy atom. The van der Waals surface area contributed by atoms with Crippen LogP contribution in [-0.4, -0.2) is 43.8 Å². The number of carbonyl (C=O) groups is 2. The molecule has 4 rings (SSSR count). The first-order valence-electron chi connectivity index (χ1n) is 13.3. The van der Waals surface area contributed by atoms with Crippen molar-refractivity contribution in [3.63, 3.8) is 0 Å². The van der Waals surface area contributed by atoms with Crippen LogP contribution in [0.4, 0.5) is 5.69 Å². The van der Waals surface area contributed by atoms with Crippen molar-refractivity contribution in [1.29, 1.82) is 0 Å². The molecule has 0 heterocycles. The highest BCUT2D eigenvalue weighted by Gasteiger charge is 2.33. The Labute approximate surface area is 256 Å². The number of amides is 2. The summed E-state index contributed by atoms with van der Waals surface area (Å²) >= 11 is 18.9. The van der Waals surface area contributed by atoms with Crippen LogP contribution in [0.2, 0.25) is 15.1 Å². The first-order chi connectivity index (χ1) is 19.5. The first-order valence-corrected chi connectivity index (χ1v) is 15.9. The second-order valence-corrected chi connectivity index (χ2v) is 13.3. The summed E-state index contributed by atoms with van der Waals surface area (Å²) in [6.07, 6.45) is 3.83. The topological polar surface area (TPSA) is 86.8 Å². The zero-order chi connectivity index (χ0) is 29.7. The summed E-state index contributed by atoms with van der Waals surface area (Å²) in [7, 11) is -4.18. The van der Waals surface area contributed by atoms with Crippen LogP contribution >= 0.6 is 34.8 Å². The lowest BCUT2D eigenvalue weighted by molar-refractivity contribution is -0.139. The lowest BCUT2D eigenvalue weighted by Gasteiger charge is -2.32. The van der Waals surface area contributed by atoms with Crippen LogP contribution in [0.5, 0.6) is 0 Å². The molecule has 2 amide bonds. The molecule has 7 nitrogen and oxygen atoms in total. The standard InChI is InChI=1S/C30H32Cl3N3O4S/c1-20-12-15-25(17-27(20)32)36(41(39,40)26-10-4-3-5-11-26)19-29(37)35(18-22-13-14-23(31)16-28(22)33)21(2)30(38)34-24-8-6-7-9-24/h3-5,10-17,21,24H,6-9,18-19H2,1-2H3,(H,34,38)/t21-/m0/s1. The molecule has 11 heteroatoms. The average molecular weight is 637 g/mol. The molecular weight excluding hydrogens is 605 g/mol. The van der Waals surface area contributed by atoms with E-state index in [0.717, 1.165) is 35.6 Å². The lowest BCUT2D eigenvalue weighted by Crippen LogP contribution is -2.52. The minimum absolute atomic E-state index is 0.0174. The normalized spacial score (nSPS) is 14.5.